The van der Waals surface area contributed by atoms with Gasteiger partial charge in [0.2, 0.25) is 5.89 Å². The maximum absolute atomic E-state index is 5.47. The molecule has 1 fully saturated rings. The van der Waals surface area contributed by atoms with Crippen molar-refractivity contribution in [1.82, 2.24) is 15.5 Å². The molecule has 17 heavy (non-hydrogen) atoms. The third-order valence-electron chi connectivity index (χ3n) is 2.88. The topological polar surface area (TPSA) is 72.2 Å². The molecule has 1 saturated carbocycles. The van der Waals surface area contributed by atoms with Crippen LogP contribution in [0.15, 0.2) is 4.42 Å². The Kier molecular flexibility index (Phi) is 3.96. The van der Waals surface area contributed by atoms with Crippen molar-refractivity contribution in [3.63, 3.8) is 0 Å². The molecule has 0 radical (unpaired) electrons. The third-order valence-corrected chi connectivity index (χ3v) is 2.88. The second-order valence-corrected chi connectivity index (χ2v) is 4.71. The summed E-state index contributed by atoms with van der Waals surface area (Å²) in [6.07, 6.45) is 2.37. The molecule has 6 nitrogen and oxygen atoms in total. The highest BCUT2D eigenvalue weighted by molar-refractivity contribution is 5.21. The number of hydrogen-bond donors (Lipinski definition) is 2. The summed E-state index contributed by atoms with van der Waals surface area (Å²) in [5.41, 5.74) is 0. The summed E-state index contributed by atoms with van der Waals surface area (Å²) in [7, 11) is 1.74. The van der Waals surface area contributed by atoms with Crippen LogP contribution in [0, 0.1) is 0 Å². The zero-order valence-corrected chi connectivity index (χ0v) is 10.6. The summed E-state index contributed by atoms with van der Waals surface area (Å²) < 4.78 is 10.7. The number of rotatable bonds is 6. The molecular weight excluding hydrogens is 220 g/mol. The van der Waals surface area contributed by atoms with Crippen molar-refractivity contribution >= 4 is 6.01 Å². The molecule has 1 aromatic rings. The van der Waals surface area contributed by atoms with E-state index in [-0.39, 0.29) is 0 Å². The van der Waals surface area contributed by atoms with Crippen LogP contribution in [-0.4, -0.2) is 35.5 Å². The Labute approximate surface area is 101 Å². The van der Waals surface area contributed by atoms with Gasteiger partial charge in [-0.3, -0.25) is 0 Å². The maximum atomic E-state index is 5.47. The van der Waals surface area contributed by atoms with E-state index in [0.29, 0.717) is 36.6 Å². The second kappa shape index (κ2) is 5.46. The van der Waals surface area contributed by atoms with E-state index < -0.39 is 0 Å². The molecule has 1 aliphatic rings. The first kappa shape index (κ1) is 12.3. The Morgan fingerprint density at radius 3 is 2.82 bits per heavy atom. The summed E-state index contributed by atoms with van der Waals surface area (Å²) in [6, 6.07) is 1.31. The van der Waals surface area contributed by atoms with Crippen molar-refractivity contribution in [2.75, 3.05) is 12.4 Å². The molecule has 96 valence electrons. The van der Waals surface area contributed by atoms with Crippen LogP contribution in [0.2, 0.25) is 0 Å². The van der Waals surface area contributed by atoms with E-state index in [1.54, 1.807) is 7.11 Å². The third kappa shape index (κ3) is 3.41. The summed E-state index contributed by atoms with van der Waals surface area (Å²) >= 11 is 0. The van der Waals surface area contributed by atoms with Crippen LogP contribution in [0.4, 0.5) is 6.01 Å². The lowest BCUT2D eigenvalue weighted by Gasteiger charge is -2.33. The van der Waals surface area contributed by atoms with Gasteiger partial charge < -0.3 is 19.8 Å². The number of anilines is 1. The molecule has 6 heteroatoms. The lowest BCUT2D eigenvalue weighted by Crippen LogP contribution is -2.40. The number of methoxy groups -OCH3 is 1. The molecule has 1 aromatic heterocycles. The smallest absolute Gasteiger partial charge is 0.315 e. The van der Waals surface area contributed by atoms with E-state index in [4.69, 9.17) is 9.15 Å². The number of hydrogen-bond acceptors (Lipinski definition) is 6. The predicted octanol–water partition coefficient (Wildman–Crippen LogP) is 1.16. The van der Waals surface area contributed by atoms with Crippen LogP contribution < -0.4 is 10.6 Å². The quantitative estimate of drug-likeness (QED) is 0.777. The fraction of sp³-hybridized carbons (Fsp3) is 0.818. The number of aromatic nitrogens is 2. The lowest BCUT2D eigenvalue weighted by atomic mass is 9.89. The lowest BCUT2D eigenvalue weighted by molar-refractivity contribution is 0.0323. The Balaban J connectivity index is 1.75. The van der Waals surface area contributed by atoms with Crippen LogP contribution >= 0.6 is 0 Å². The molecule has 0 atom stereocenters. The molecular formula is C11H20N4O2. The zero-order chi connectivity index (χ0) is 12.3. The first-order chi connectivity index (χ1) is 8.17. The second-order valence-electron chi connectivity index (χ2n) is 4.71. The summed E-state index contributed by atoms with van der Waals surface area (Å²) in [5.74, 6) is 0.615. The van der Waals surface area contributed by atoms with Crippen LogP contribution in [0.25, 0.3) is 0 Å². The minimum absolute atomic E-state index is 0.373. The van der Waals surface area contributed by atoms with Crippen molar-refractivity contribution in [3.8, 4) is 0 Å². The van der Waals surface area contributed by atoms with Crippen molar-refractivity contribution in [3.05, 3.63) is 5.89 Å². The van der Waals surface area contributed by atoms with Gasteiger partial charge in [0, 0.05) is 19.2 Å². The van der Waals surface area contributed by atoms with Crippen LogP contribution in [0.1, 0.15) is 32.6 Å². The molecule has 0 aliphatic heterocycles. The fourth-order valence-electron chi connectivity index (χ4n) is 1.73. The maximum Gasteiger partial charge on any atom is 0.315 e. The van der Waals surface area contributed by atoms with E-state index in [2.05, 4.69) is 34.7 Å². The largest absolute Gasteiger partial charge is 0.407 e. The van der Waals surface area contributed by atoms with Crippen molar-refractivity contribution in [2.24, 2.45) is 0 Å². The SMILES string of the molecule is COC1CC(Nc2nnc(CNC(C)C)o2)C1. The number of nitrogens with one attached hydrogen (secondary N) is 2. The molecule has 1 aliphatic carbocycles. The predicted molar refractivity (Wildman–Crippen MR) is 63.7 cm³/mol. The molecule has 0 bridgehead atoms. The summed E-state index contributed by atoms with van der Waals surface area (Å²) in [4.78, 5) is 0. The summed E-state index contributed by atoms with van der Waals surface area (Å²) in [6.45, 7) is 4.77. The number of ether oxygens (including phenoxy) is 1. The van der Waals surface area contributed by atoms with Gasteiger partial charge in [0.15, 0.2) is 0 Å². The fourth-order valence-corrected chi connectivity index (χ4v) is 1.73. The van der Waals surface area contributed by atoms with Crippen molar-refractivity contribution in [1.29, 1.82) is 0 Å². The van der Waals surface area contributed by atoms with Crippen LogP contribution in [0.5, 0.6) is 0 Å². The average molecular weight is 240 g/mol. The monoisotopic (exact) mass is 240 g/mol. The van der Waals surface area contributed by atoms with Gasteiger partial charge in [-0.2, -0.15) is 0 Å². The van der Waals surface area contributed by atoms with Gasteiger partial charge in [0.25, 0.3) is 0 Å². The molecule has 2 N–H and O–H groups in total. The van der Waals surface area contributed by atoms with Crippen molar-refractivity contribution < 1.29 is 9.15 Å². The highest BCUT2D eigenvalue weighted by Crippen LogP contribution is 2.25. The van der Waals surface area contributed by atoms with E-state index in [1.165, 1.54) is 0 Å². The van der Waals surface area contributed by atoms with Crippen molar-refractivity contribution in [2.45, 2.75) is 51.4 Å². The Morgan fingerprint density at radius 2 is 2.18 bits per heavy atom. The highest BCUT2D eigenvalue weighted by Gasteiger charge is 2.29. The van der Waals surface area contributed by atoms with E-state index in [0.717, 1.165) is 12.8 Å². The first-order valence-electron chi connectivity index (χ1n) is 6.02. The van der Waals surface area contributed by atoms with E-state index >= 15 is 0 Å². The van der Waals surface area contributed by atoms with Gasteiger partial charge in [-0.05, 0) is 12.8 Å². The normalized spacial score (nSPS) is 23.8. The van der Waals surface area contributed by atoms with Gasteiger partial charge in [0.1, 0.15) is 0 Å². The molecule has 0 spiro atoms. The molecule has 0 aromatic carbocycles. The van der Waals surface area contributed by atoms with Gasteiger partial charge in [-0.25, -0.2) is 0 Å². The standard InChI is InChI=1S/C11H20N4O2/c1-7(2)12-6-10-14-15-11(17-10)13-8-4-9(5-8)16-3/h7-9,12H,4-6H2,1-3H3,(H,13,15). The molecule has 2 rings (SSSR count). The van der Waals surface area contributed by atoms with Crippen LogP contribution in [-0.2, 0) is 11.3 Å². The van der Waals surface area contributed by atoms with Gasteiger partial charge >= 0.3 is 6.01 Å². The van der Waals surface area contributed by atoms with Gasteiger partial charge in [-0.15, -0.1) is 5.10 Å². The van der Waals surface area contributed by atoms with Crippen LogP contribution in [0.3, 0.4) is 0 Å². The molecule has 0 saturated heterocycles. The average Bonchev–Trinajstić information content (AvgIpc) is 2.67. The minimum Gasteiger partial charge on any atom is -0.407 e. The molecule has 0 amide bonds. The van der Waals surface area contributed by atoms with Gasteiger partial charge in [0.05, 0.1) is 12.6 Å². The molecule has 0 unspecified atom stereocenters. The Hall–Kier alpha value is -1.14. The molecule has 1 heterocycles. The first-order valence-corrected chi connectivity index (χ1v) is 6.02. The highest BCUT2D eigenvalue weighted by atomic mass is 16.5. The summed E-state index contributed by atoms with van der Waals surface area (Å²) in [5, 5.41) is 14.4. The minimum atomic E-state index is 0.373. The van der Waals surface area contributed by atoms with E-state index in [1.807, 2.05) is 0 Å². The Bertz CT molecular complexity index is 347. The Morgan fingerprint density at radius 1 is 1.41 bits per heavy atom. The number of nitrogens with zero attached hydrogens (tertiary/aromatic N) is 2. The zero-order valence-electron chi connectivity index (χ0n) is 10.6. The van der Waals surface area contributed by atoms with Gasteiger partial charge in [-0.1, -0.05) is 18.9 Å². The van der Waals surface area contributed by atoms with E-state index in [9.17, 15) is 0 Å².